The average molecular weight is 338 g/mol. The quantitative estimate of drug-likeness (QED) is 0.784. The Morgan fingerprint density at radius 3 is 3.05 bits per heavy atom. The van der Waals surface area contributed by atoms with Gasteiger partial charge < -0.3 is 15.2 Å². The topological polar surface area (TPSA) is 41.5 Å². The fraction of sp³-hybridized carbons (Fsp3) is 0.500. The lowest BCUT2D eigenvalue weighted by Crippen LogP contribution is -2.33. The molecule has 1 aromatic rings. The minimum Gasteiger partial charge on any atom is -0.481 e. The van der Waals surface area contributed by atoms with Crippen LogP contribution >= 0.6 is 15.9 Å². The van der Waals surface area contributed by atoms with E-state index >= 15 is 0 Å². The number of benzene rings is 1. The Hall–Kier alpha value is -1.02. The molecular weight excluding hydrogens is 318 g/mol. The standard InChI is InChI=1S/C16H20BrNO2/c1-2-8-20-16-7-6-14(17)9-13(16)10-18-15-5-3-4-12(15)11-19/h1,6-7,9,12,15,18-19H,3-5,8,10-11H2. The van der Waals surface area contributed by atoms with Gasteiger partial charge >= 0.3 is 0 Å². The number of aliphatic hydroxyl groups excluding tert-OH is 1. The van der Waals surface area contributed by atoms with Crippen molar-refractivity contribution in [2.24, 2.45) is 5.92 Å². The molecular formula is C16H20BrNO2. The monoisotopic (exact) mass is 337 g/mol. The van der Waals surface area contributed by atoms with Crippen molar-refractivity contribution < 1.29 is 9.84 Å². The summed E-state index contributed by atoms with van der Waals surface area (Å²) < 4.78 is 6.58. The largest absolute Gasteiger partial charge is 0.481 e. The highest BCUT2D eigenvalue weighted by molar-refractivity contribution is 9.10. The molecule has 1 aromatic carbocycles. The Balaban J connectivity index is 2.00. The first-order valence-corrected chi connectivity index (χ1v) is 7.73. The zero-order valence-corrected chi connectivity index (χ0v) is 13.0. The number of nitrogens with one attached hydrogen (secondary N) is 1. The average Bonchev–Trinajstić information content (AvgIpc) is 2.91. The van der Waals surface area contributed by atoms with Gasteiger partial charge in [-0.05, 0) is 37.0 Å². The number of terminal acetylenes is 1. The van der Waals surface area contributed by atoms with E-state index in [9.17, 15) is 5.11 Å². The van der Waals surface area contributed by atoms with Crippen molar-refractivity contribution in [2.45, 2.75) is 31.8 Å². The molecule has 1 fully saturated rings. The molecule has 108 valence electrons. The summed E-state index contributed by atoms with van der Waals surface area (Å²) in [6, 6.07) is 6.30. The number of aliphatic hydroxyl groups is 1. The van der Waals surface area contributed by atoms with Crippen molar-refractivity contribution >= 4 is 15.9 Å². The van der Waals surface area contributed by atoms with Crippen molar-refractivity contribution in [1.29, 1.82) is 0 Å². The Morgan fingerprint density at radius 1 is 1.45 bits per heavy atom. The number of ether oxygens (including phenoxy) is 1. The highest BCUT2D eigenvalue weighted by Gasteiger charge is 2.26. The lowest BCUT2D eigenvalue weighted by atomic mass is 10.0. The minimum atomic E-state index is 0.261. The summed E-state index contributed by atoms with van der Waals surface area (Å²) >= 11 is 3.48. The van der Waals surface area contributed by atoms with Crippen LogP contribution in [0.5, 0.6) is 5.75 Å². The maximum atomic E-state index is 9.35. The maximum absolute atomic E-state index is 9.35. The van der Waals surface area contributed by atoms with Crippen molar-refractivity contribution in [3.63, 3.8) is 0 Å². The summed E-state index contributed by atoms with van der Waals surface area (Å²) in [5.74, 6) is 3.67. The van der Waals surface area contributed by atoms with E-state index in [2.05, 4.69) is 27.2 Å². The molecule has 4 heteroatoms. The zero-order chi connectivity index (χ0) is 14.4. The molecule has 0 saturated heterocycles. The second kappa shape index (κ2) is 7.68. The predicted molar refractivity (Wildman–Crippen MR) is 83.5 cm³/mol. The van der Waals surface area contributed by atoms with E-state index in [1.54, 1.807) is 0 Å². The molecule has 2 rings (SSSR count). The van der Waals surface area contributed by atoms with Gasteiger partial charge in [-0.2, -0.15) is 0 Å². The third kappa shape index (κ3) is 3.99. The Kier molecular flexibility index (Phi) is 5.90. The van der Waals surface area contributed by atoms with Gasteiger partial charge in [-0.1, -0.05) is 28.3 Å². The minimum absolute atomic E-state index is 0.261. The van der Waals surface area contributed by atoms with Crippen LogP contribution in [0.15, 0.2) is 22.7 Å². The van der Waals surface area contributed by atoms with E-state index in [-0.39, 0.29) is 13.2 Å². The maximum Gasteiger partial charge on any atom is 0.148 e. The van der Waals surface area contributed by atoms with Gasteiger partial charge in [0.15, 0.2) is 0 Å². The summed E-state index contributed by atoms with van der Waals surface area (Å²) in [6.07, 6.45) is 8.65. The number of halogens is 1. The van der Waals surface area contributed by atoms with E-state index in [0.717, 1.165) is 35.2 Å². The first-order chi connectivity index (χ1) is 9.74. The molecule has 0 spiro atoms. The first-order valence-electron chi connectivity index (χ1n) is 6.93. The van der Waals surface area contributed by atoms with Crippen molar-refractivity contribution in [2.75, 3.05) is 13.2 Å². The molecule has 1 saturated carbocycles. The van der Waals surface area contributed by atoms with E-state index in [1.807, 2.05) is 18.2 Å². The van der Waals surface area contributed by atoms with Gasteiger partial charge in [-0.15, -0.1) is 6.42 Å². The van der Waals surface area contributed by atoms with E-state index in [0.29, 0.717) is 12.0 Å². The van der Waals surface area contributed by atoms with Crippen molar-refractivity contribution in [1.82, 2.24) is 5.32 Å². The van der Waals surface area contributed by atoms with Crippen LogP contribution < -0.4 is 10.1 Å². The molecule has 0 amide bonds. The predicted octanol–water partition coefficient (Wildman–Crippen LogP) is 2.71. The van der Waals surface area contributed by atoms with Gasteiger partial charge in [-0.3, -0.25) is 0 Å². The second-order valence-corrected chi connectivity index (χ2v) is 6.02. The van der Waals surface area contributed by atoms with E-state index < -0.39 is 0 Å². The van der Waals surface area contributed by atoms with Crippen LogP contribution in [0.4, 0.5) is 0 Å². The molecule has 0 radical (unpaired) electrons. The van der Waals surface area contributed by atoms with Gasteiger partial charge in [-0.25, -0.2) is 0 Å². The molecule has 0 aromatic heterocycles. The van der Waals surface area contributed by atoms with Crippen LogP contribution in [0, 0.1) is 18.3 Å². The van der Waals surface area contributed by atoms with Gasteiger partial charge in [0.1, 0.15) is 12.4 Å². The van der Waals surface area contributed by atoms with E-state index in [4.69, 9.17) is 11.2 Å². The summed E-state index contributed by atoms with van der Waals surface area (Å²) in [5.41, 5.74) is 1.08. The van der Waals surface area contributed by atoms with Gasteiger partial charge in [0.05, 0.1) is 0 Å². The molecule has 2 atom stereocenters. The number of hydrogen-bond donors (Lipinski definition) is 2. The van der Waals surface area contributed by atoms with Gasteiger partial charge in [0, 0.05) is 29.2 Å². The third-order valence-electron chi connectivity index (χ3n) is 3.78. The summed E-state index contributed by atoms with van der Waals surface area (Å²) in [7, 11) is 0. The summed E-state index contributed by atoms with van der Waals surface area (Å²) in [4.78, 5) is 0. The fourth-order valence-corrected chi connectivity index (χ4v) is 3.12. The highest BCUT2D eigenvalue weighted by Crippen LogP contribution is 2.27. The third-order valence-corrected chi connectivity index (χ3v) is 4.28. The smallest absolute Gasteiger partial charge is 0.148 e. The summed E-state index contributed by atoms with van der Waals surface area (Å²) in [6.45, 7) is 1.26. The Labute approximate surface area is 128 Å². The highest BCUT2D eigenvalue weighted by atomic mass is 79.9. The normalized spacial score (nSPS) is 21.6. The molecule has 1 aliphatic rings. The first kappa shape index (κ1) is 15.4. The number of rotatable bonds is 6. The van der Waals surface area contributed by atoms with Crippen LogP contribution in [0.1, 0.15) is 24.8 Å². The van der Waals surface area contributed by atoms with E-state index in [1.165, 1.54) is 6.42 Å². The SMILES string of the molecule is C#CCOc1ccc(Br)cc1CNC1CCCC1CO. The van der Waals surface area contributed by atoms with Gasteiger partial charge in [0.25, 0.3) is 0 Å². The van der Waals surface area contributed by atoms with Crippen LogP contribution in [0.3, 0.4) is 0 Å². The Bertz CT molecular complexity index is 484. The lowest BCUT2D eigenvalue weighted by Gasteiger charge is -2.20. The molecule has 2 N–H and O–H groups in total. The van der Waals surface area contributed by atoms with Crippen LogP contribution in [0.25, 0.3) is 0 Å². The van der Waals surface area contributed by atoms with Crippen LogP contribution in [0.2, 0.25) is 0 Å². The Morgan fingerprint density at radius 2 is 2.30 bits per heavy atom. The van der Waals surface area contributed by atoms with Gasteiger partial charge in [0.2, 0.25) is 0 Å². The molecule has 0 heterocycles. The number of hydrogen-bond acceptors (Lipinski definition) is 3. The molecule has 1 aliphatic carbocycles. The van der Waals surface area contributed by atoms with Crippen molar-refractivity contribution in [3.8, 4) is 18.1 Å². The lowest BCUT2D eigenvalue weighted by molar-refractivity contribution is 0.205. The molecule has 3 nitrogen and oxygen atoms in total. The zero-order valence-electron chi connectivity index (χ0n) is 11.4. The molecule has 2 unspecified atom stereocenters. The van der Waals surface area contributed by atoms with Crippen LogP contribution in [-0.2, 0) is 6.54 Å². The van der Waals surface area contributed by atoms with Crippen LogP contribution in [-0.4, -0.2) is 24.4 Å². The second-order valence-electron chi connectivity index (χ2n) is 5.11. The van der Waals surface area contributed by atoms with Crippen molar-refractivity contribution in [3.05, 3.63) is 28.2 Å². The summed E-state index contributed by atoms with van der Waals surface area (Å²) in [5, 5.41) is 12.9. The molecule has 0 aliphatic heterocycles. The molecule has 20 heavy (non-hydrogen) atoms. The fourth-order valence-electron chi connectivity index (χ4n) is 2.71. The molecule has 0 bridgehead atoms.